The van der Waals surface area contributed by atoms with E-state index in [9.17, 15) is 23.7 Å². The van der Waals surface area contributed by atoms with E-state index in [1.54, 1.807) is 0 Å². The molecule has 1 atom stereocenters. The van der Waals surface area contributed by atoms with Crippen molar-refractivity contribution in [1.82, 2.24) is 9.78 Å². The molecular formula is C12H8BrF2N3O3. The Kier molecular flexibility index (Phi) is 4.12. The molecule has 2 aromatic rings. The standard InChI is InChI=1S/C12H8BrF2N3O3/c1-6(17-5-8(13)12(16-17)18(20)21)11(19)7-2-3-9(14)10(15)4-7/h2-6H,1H3. The van der Waals surface area contributed by atoms with Crippen LogP contribution >= 0.6 is 15.9 Å². The van der Waals surface area contributed by atoms with Gasteiger partial charge >= 0.3 is 5.82 Å². The molecule has 0 saturated heterocycles. The van der Waals surface area contributed by atoms with Gasteiger partial charge in [0.05, 0.1) is 11.3 Å². The predicted octanol–water partition coefficient (Wildman–Crippen LogP) is 3.28. The van der Waals surface area contributed by atoms with Gasteiger partial charge in [-0.05, 0) is 46.0 Å². The van der Waals surface area contributed by atoms with Crippen LogP contribution in [0.15, 0.2) is 28.9 Å². The first-order valence-electron chi connectivity index (χ1n) is 5.69. The van der Waals surface area contributed by atoms with Crippen LogP contribution in [0.5, 0.6) is 0 Å². The van der Waals surface area contributed by atoms with Crippen LogP contribution in [0, 0.1) is 21.7 Å². The first-order valence-corrected chi connectivity index (χ1v) is 6.49. The molecule has 21 heavy (non-hydrogen) atoms. The fourth-order valence-electron chi connectivity index (χ4n) is 1.69. The third-order valence-electron chi connectivity index (χ3n) is 2.82. The molecule has 0 fully saturated rings. The Labute approximate surface area is 125 Å². The van der Waals surface area contributed by atoms with Crippen LogP contribution in [-0.4, -0.2) is 20.5 Å². The monoisotopic (exact) mass is 359 g/mol. The summed E-state index contributed by atoms with van der Waals surface area (Å²) < 4.78 is 27.2. The van der Waals surface area contributed by atoms with Gasteiger partial charge in [-0.15, -0.1) is 0 Å². The predicted molar refractivity (Wildman–Crippen MR) is 72.0 cm³/mol. The lowest BCUT2D eigenvalue weighted by atomic mass is 10.1. The van der Waals surface area contributed by atoms with Crippen molar-refractivity contribution >= 4 is 27.5 Å². The van der Waals surface area contributed by atoms with Gasteiger partial charge in [-0.2, -0.15) is 4.68 Å². The second-order valence-electron chi connectivity index (χ2n) is 4.21. The Bertz CT molecular complexity index is 733. The number of nitro groups is 1. The molecule has 0 radical (unpaired) electrons. The zero-order valence-electron chi connectivity index (χ0n) is 10.6. The summed E-state index contributed by atoms with van der Waals surface area (Å²) in [4.78, 5) is 22.2. The van der Waals surface area contributed by atoms with Gasteiger partial charge in [-0.3, -0.25) is 4.79 Å². The highest BCUT2D eigenvalue weighted by molar-refractivity contribution is 9.10. The van der Waals surface area contributed by atoms with E-state index in [1.165, 1.54) is 13.1 Å². The average molecular weight is 360 g/mol. The van der Waals surface area contributed by atoms with Crippen LogP contribution < -0.4 is 0 Å². The molecule has 1 heterocycles. The number of hydrogen-bond donors (Lipinski definition) is 0. The summed E-state index contributed by atoms with van der Waals surface area (Å²) in [5, 5.41) is 14.4. The highest BCUT2D eigenvalue weighted by atomic mass is 79.9. The van der Waals surface area contributed by atoms with E-state index in [-0.39, 0.29) is 10.0 Å². The fraction of sp³-hybridized carbons (Fsp3) is 0.167. The summed E-state index contributed by atoms with van der Waals surface area (Å²) in [6.07, 6.45) is 1.28. The molecule has 1 unspecified atom stereocenters. The largest absolute Gasteiger partial charge is 0.404 e. The van der Waals surface area contributed by atoms with E-state index < -0.39 is 34.2 Å². The summed E-state index contributed by atoms with van der Waals surface area (Å²) >= 11 is 2.97. The molecule has 1 aromatic carbocycles. The SMILES string of the molecule is CC(C(=O)c1ccc(F)c(F)c1)n1cc(Br)c([N+](=O)[O-])n1. The van der Waals surface area contributed by atoms with Crippen molar-refractivity contribution in [3.05, 3.63) is 56.2 Å². The number of halogens is 3. The smallest absolute Gasteiger partial charge is 0.358 e. The minimum absolute atomic E-state index is 0.0457. The van der Waals surface area contributed by atoms with Gasteiger partial charge in [0.15, 0.2) is 17.4 Å². The fourth-order valence-corrected chi connectivity index (χ4v) is 2.13. The summed E-state index contributed by atoms with van der Waals surface area (Å²) in [7, 11) is 0. The molecule has 0 aliphatic heterocycles. The number of hydrogen-bond acceptors (Lipinski definition) is 4. The highest BCUT2D eigenvalue weighted by Crippen LogP contribution is 2.25. The van der Waals surface area contributed by atoms with Crippen molar-refractivity contribution in [2.45, 2.75) is 13.0 Å². The van der Waals surface area contributed by atoms with E-state index in [4.69, 9.17) is 0 Å². The van der Waals surface area contributed by atoms with Crippen LogP contribution in [-0.2, 0) is 0 Å². The first-order chi connectivity index (χ1) is 9.81. The number of Topliss-reactive ketones (excluding diaryl/α,β-unsaturated/α-hetero) is 1. The minimum Gasteiger partial charge on any atom is -0.358 e. The summed E-state index contributed by atoms with van der Waals surface area (Å²) in [5.41, 5.74) is -0.0457. The third kappa shape index (κ3) is 2.97. The van der Waals surface area contributed by atoms with E-state index in [0.717, 1.165) is 22.9 Å². The van der Waals surface area contributed by atoms with Crippen LogP contribution in [0.3, 0.4) is 0 Å². The summed E-state index contributed by atoms with van der Waals surface area (Å²) in [6.45, 7) is 1.45. The van der Waals surface area contributed by atoms with Crippen molar-refractivity contribution in [3.63, 3.8) is 0 Å². The maximum Gasteiger partial charge on any atom is 0.404 e. The van der Waals surface area contributed by atoms with Gasteiger partial charge in [0, 0.05) is 5.56 Å². The van der Waals surface area contributed by atoms with Crippen molar-refractivity contribution in [2.24, 2.45) is 0 Å². The van der Waals surface area contributed by atoms with Crippen molar-refractivity contribution in [3.8, 4) is 0 Å². The zero-order chi connectivity index (χ0) is 15.7. The van der Waals surface area contributed by atoms with E-state index in [2.05, 4.69) is 21.0 Å². The number of rotatable bonds is 4. The zero-order valence-corrected chi connectivity index (χ0v) is 12.2. The Hall–Kier alpha value is -2.16. The Morgan fingerprint density at radius 3 is 2.62 bits per heavy atom. The van der Waals surface area contributed by atoms with Gasteiger partial charge in [0.1, 0.15) is 10.5 Å². The van der Waals surface area contributed by atoms with Crippen molar-refractivity contribution < 1.29 is 18.5 Å². The highest BCUT2D eigenvalue weighted by Gasteiger charge is 2.26. The van der Waals surface area contributed by atoms with Crippen LogP contribution in [0.25, 0.3) is 0 Å². The summed E-state index contributed by atoms with van der Waals surface area (Å²) in [6, 6.07) is 1.86. The molecule has 0 amide bonds. The second-order valence-corrected chi connectivity index (χ2v) is 5.06. The minimum atomic E-state index is -1.14. The summed E-state index contributed by atoms with van der Waals surface area (Å²) in [5.74, 6) is -3.17. The van der Waals surface area contributed by atoms with Crippen molar-refractivity contribution in [2.75, 3.05) is 0 Å². The quantitative estimate of drug-likeness (QED) is 0.476. The number of ketones is 1. The molecular weight excluding hydrogens is 352 g/mol. The van der Waals surface area contributed by atoms with Crippen LogP contribution in [0.2, 0.25) is 0 Å². The lowest BCUT2D eigenvalue weighted by molar-refractivity contribution is -0.390. The van der Waals surface area contributed by atoms with E-state index >= 15 is 0 Å². The first kappa shape index (κ1) is 15.2. The maximum absolute atomic E-state index is 13.1. The third-order valence-corrected chi connectivity index (χ3v) is 3.38. The molecule has 0 bridgehead atoms. The number of carbonyl (C=O) groups excluding carboxylic acids is 1. The topological polar surface area (TPSA) is 78.0 Å². The molecule has 0 saturated carbocycles. The molecule has 6 nitrogen and oxygen atoms in total. The Morgan fingerprint density at radius 1 is 1.43 bits per heavy atom. The molecule has 9 heteroatoms. The maximum atomic E-state index is 13.1. The Morgan fingerprint density at radius 2 is 2.10 bits per heavy atom. The Balaban J connectivity index is 2.32. The van der Waals surface area contributed by atoms with Gasteiger partial charge < -0.3 is 10.1 Å². The van der Waals surface area contributed by atoms with Gasteiger partial charge in [-0.25, -0.2) is 8.78 Å². The molecule has 2 rings (SSSR count). The lowest BCUT2D eigenvalue weighted by Crippen LogP contribution is -2.17. The second kappa shape index (κ2) is 5.68. The normalized spacial score (nSPS) is 12.2. The van der Waals surface area contributed by atoms with Crippen molar-refractivity contribution in [1.29, 1.82) is 0 Å². The van der Waals surface area contributed by atoms with Gasteiger partial charge in [0.25, 0.3) is 0 Å². The van der Waals surface area contributed by atoms with Gasteiger partial charge in [-0.1, -0.05) is 0 Å². The molecule has 110 valence electrons. The van der Waals surface area contributed by atoms with Crippen LogP contribution in [0.4, 0.5) is 14.6 Å². The number of carbonyl (C=O) groups is 1. The number of nitrogens with zero attached hydrogens (tertiary/aromatic N) is 3. The molecule has 0 aliphatic carbocycles. The van der Waals surface area contributed by atoms with E-state index in [1.807, 2.05) is 0 Å². The molecule has 0 spiro atoms. The molecule has 1 aromatic heterocycles. The number of aromatic nitrogens is 2. The van der Waals surface area contributed by atoms with Crippen LogP contribution in [0.1, 0.15) is 23.3 Å². The van der Waals surface area contributed by atoms with E-state index in [0.29, 0.717) is 0 Å². The average Bonchev–Trinajstić information content (AvgIpc) is 2.82. The lowest BCUT2D eigenvalue weighted by Gasteiger charge is -2.08. The van der Waals surface area contributed by atoms with Gasteiger partial charge in [0.2, 0.25) is 0 Å². The number of benzene rings is 1. The molecule has 0 N–H and O–H groups in total. The molecule has 0 aliphatic rings.